The minimum absolute atomic E-state index is 0.541. The number of aliphatic hydroxyl groups is 1. The highest BCUT2D eigenvalue weighted by molar-refractivity contribution is 5.25. The van der Waals surface area contributed by atoms with Crippen LogP contribution >= 0.6 is 0 Å². The molecule has 0 aliphatic carbocycles. The number of hydrogen-bond acceptors (Lipinski definition) is 2. The molecule has 17 heavy (non-hydrogen) atoms. The summed E-state index contributed by atoms with van der Waals surface area (Å²) >= 11 is 0. The number of aliphatic hydroxyl groups excluding tert-OH is 1. The Morgan fingerprint density at radius 2 is 1.94 bits per heavy atom. The fourth-order valence-corrected chi connectivity index (χ4v) is 1.82. The van der Waals surface area contributed by atoms with Crippen LogP contribution in [0.1, 0.15) is 42.8 Å². The van der Waals surface area contributed by atoms with Crippen LogP contribution in [-0.4, -0.2) is 15.1 Å². The van der Waals surface area contributed by atoms with Crippen LogP contribution in [0, 0.1) is 0 Å². The lowest BCUT2D eigenvalue weighted by Gasteiger charge is -2.10. The van der Waals surface area contributed by atoms with Crippen LogP contribution in [-0.2, 0) is 6.42 Å². The number of rotatable bonds is 4. The predicted molar refractivity (Wildman–Crippen MR) is 67.8 cm³/mol. The molecule has 2 aromatic rings. The van der Waals surface area contributed by atoms with E-state index < -0.39 is 6.10 Å². The minimum atomic E-state index is -0.560. The first-order valence-electron chi connectivity index (χ1n) is 5.93. The van der Waals surface area contributed by atoms with E-state index in [9.17, 15) is 5.11 Å². The van der Waals surface area contributed by atoms with Gasteiger partial charge in [0.2, 0.25) is 0 Å². The number of nitrogens with one attached hydrogen (secondary N) is 1. The fraction of sp³-hybridized carbons (Fsp3) is 0.357. The molecule has 0 bridgehead atoms. The quantitative estimate of drug-likeness (QED) is 0.848. The van der Waals surface area contributed by atoms with Gasteiger partial charge in [0.05, 0.1) is 0 Å². The van der Waals surface area contributed by atoms with Gasteiger partial charge in [-0.25, -0.2) is 4.98 Å². The summed E-state index contributed by atoms with van der Waals surface area (Å²) < 4.78 is 0. The molecule has 3 heteroatoms. The van der Waals surface area contributed by atoms with E-state index in [-0.39, 0.29) is 0 Å². The molecule has 3 nitrogen and oxygen atoms in total. The molecule has 0 saturated heterocycles. The van der Waals surface area contributed by atoms with E-state index >= 15 is 0 Å². The van der Waals surface area contributed by atoms with Crippen LogP contribution in [0.4, 0.5) is 0 Å². The summed E-state index contributed by atoms with van der Waals surface area (Å²) in [6, 6.07) is 8.38. The molecule has 0 spiro atoms. The van der Waals surface area contributed by atoms with Crippen molar-refractivity contribution in [2.75, 3.05) is 0 Å². The van der Waals surface area contributed by atoms with Crippen molar-refractivity contribution in [3.8, 4) is 0 Å². The lowest BCUT2D eigenvalue weighted by molar-refractivity contribution is 0.169. The smallest absolute Gasteiger partial charge is 0.135 e. The van der Waals surface area contributed by atoms with Crippen LogP contribution in [0.2, 0.25) is 0 Å². The number of imidazole rings is 1. The number of aromatic amines is 1. The molecule has 1 unspecified atom stereocenters. The SMILES string of the molecule is CC(C)c1ccc(CC(O)c2ncc[nH]2)cc1. The van der Waals surface area contributed by atoms with Crippen molar-refractivity contribution in [2.45, 2.75) is 32.3 Å². The highest BCUT2D eigenvalue weighted by Crippen LogP contribution is 2.18. The maximum atomic E-state index is 9.95. The van der Waals surface area contributed by atoms with Crippen molar-refractivity contribution < 1.29 is 5.11 Å². The van der Waals surface area contributed by atoms with Gasteiger partial charge in [0.25, 0.3) is 0 Å². The van der Waals surface area contributed by atoms with Crippen molar-refractivity contribution in [3.05, 3.63) is 53.6 Å². The highest BCUT2D eigenvalue weighted by Gasteiger charge is 2.10. The molecule has 2 rings (SSSR count). The second kappa shape index (κ2) is 5.15. The molecule has 1 heterocycles. The third kappa shape index (κ3) is 2.94. The zero-order valence-corrected chi connectivity index (χ0v) is 10.2. The van der Waals surface area contributed by atoms with Gasteiger partial charge < -0.3 is 10.1 Å². The average molecular weight is 230 g/mol. The number of benzene rings is 1. The van der Waals surface area contributed by atoms with E-state index in [1.54, 1.807) is 12.4 Å². The molecule has 1 atom stereocenters. The summed E-state index contributed by atoms with van der Waals surface area (Å²) in [5.74, 6) is 1.16. The monoisotopic (exact) mass is 230 g/mol. The fourth-order valence-electron chi connectivity index (χ4n) is 1.82. The van der Waals surface area contributed by atoms with Gasteiger partial charge in [0.1, 0.15) is 11.9 Å². The predicted octanol–water partition coefficient (Wildman–Crippen LogP) is 2.81. The van der Waals surface area contributed by atoms with Crippen molar-refractivity contribution in [2.24, 2.45) is 0 Å². The van der Waals surface area contributed by atoms with Gasteiger partial charge in [-0.1, -0.05) is 38.1 Å². The van der Waals surface area contributed by atoms with Crippen molar-refractivity contribution in [1.82, 2.24) is 9.97 Å². The Balaban J connectivity index is 2.04. The molecular formula is C14H18N2O. The Labute approximate surface area is 102 Å². The van der Waals surface area contributed by atoms with Crippen molar-refractivity contribution in [3.63, 3.8) is 0 Å². The molecule has 0 aliphatic rings. The molecule has 0 aliphatic heterocycles. The Morgan fingerprint density at radius 1 is 1.24 bits per heavy atom. The van der Waals surface area contributed by atoms with Gasteiger partial charge in [0.15, 0.2) is 0 Å². The molecule has 1 aromatic heterocycles. The van der Waals surface area contributed by atoms with Gasteiger partial charge >= 0.3 is 0 Å². The van der Waals surface area contributed by atoms with Crippen LogP contribution in [0.25, 0.3) is 0 Å². The zero-order chi connectivity index (χ0) is 12.3. The molecule has 0 fully saturated rings. The second-order valence-corrected chi connectivity index (χ2v) is 4.59. The lowest BCUT2D eigenvalue weighted by Crippen LogP contribution is -2.03. The van der Waals surface area contributed by atoms with Crippen molar-refractivity contribution in [1.29, 1.82) is 0 Å². The maximum Gasteiger partial charge on any atom is 0.135 e. The Hall–Kier alpha value is -1.61. The topological polar surface area (TPSA) is 48.9 Å². The third-order valence-corrected chi connectivity index (χ3v) is 2.91. The van der Waals surface area contributed by atoms with E-state index in [1.165, 1.54) is 5.56 Å². The van der Waals surface area contributed by atoms with Crippen LogP contribution in [0.3, 0.4) is 0 Å². The maximum absolute atomic E-state index is 9.95. The summed E-state index contributed by atoms with van der Waals surface area (Å²) in [6.45, 7) is 4.35. The van der Waals surface area contributed by atoms with Gasteiger partial charge in [-0.05, 0) is 17.0 Å². The Morgan fingerprint density at radius 3 is 2.47 bits per heavy atom. The number of H-pyrrole nitrogens is 1. The summed E-state index contributed by atoms with van der Waals surface area (Å²) in [6.07, 6.45) is 3.40. The van der Waals surface area contributed by atoms with Gasteiger partial charge in [0, 0.05) is 18.8 Å². The highest BCUT2D eigenvalue weighted by atomic mass is 16.3. The van der Waals surface area contributed by atoms with Crippen LogP contribution < -0.4 is 0 Å². The number of aromatic nitrogens is 2. The normalized spacial score (nSPS) is 12.9. The lowest BCUT2D eigenvalue weighted by atomic mass is 9.99. The van der Waals surface area contributed by atoms with Gasteiger partial charge in [-0.3, -0.25) is 0 Å². The van der Waals surface area contributed by atoms with Gasteiger partial charge in [-0.15, -0.1) is 0 Å². The van der Waals surface area contributed by atoms with Crippen molar-refractivity contribution >= 4 is 0 Å². The zero-order valence-electron chi connectivity index (χ0n) is 10.2. The molecule has 90 valence electrons. The molecule has 0 amide bonds. The van der Waals surface area contributed by atoms with E-state index in [1.807, 2.05) is 0 Å². The van der Waals surface area contributed by atoms with Gasteiger partial charge in [-0.2, -0.15) is 0 Å². The third-order valence-electron chi connectivity index (χ3n) is 2.91. The number of hydrogen-bond donors (Lipinski definition) is 2. The van der Waals surface area contributed by atoms with E-state index in [0.717, 1.165) is 5.56 Å². The second-order valence-electron chi connectivity index (χ2n) is 4.59. The van der Waals surface area contributed by atoms with Crippen LogP contribution in [0.5, 0.6) is 0 Å². The average Bonchev–Trinajstić information content (AvgIpc) is 2.83. The summed E-state index contributed by atoms with van der Waals surface area (Å²) in [7, 11) is 0. The molecular weight excluding hydrogens is 212 g/mol. The summed E-state index contributed by atoms with van der Waals surface area (Å²) in [5, 5.41) is 9.95. The largest absolute Gasteiger partial charge is 0.385 e. The van der Waals surface area contributed by atoms with E-state index in [0.29, 0.717) is 18.2 Å². The molecule has 1 aromatic carbocycles. The van der Waals surface area contributed by atoms with E-state index in [4.69, 9.17) is 0 Å². The van der Waals surface area contributed by atoms with E-state index in [2.05, 4.69) is 48.1 Å². The molecule has 0 saturated carbocycles. The standard InChI is InChI=1S/C14H18N2O/c1-10(2)12-5-3-11(4-6-12)9-13(17)14-15-7-8-16-14/h3-8,10,13,17H,9H2,1-2H3,(H,15,16). The summed E-state index contributed by atoms with van der Waals surface area (Å²) in [5.41, 5.74) is 2.44. The Bertz CT molecular complexity index is 446. The minimum Gasteiger partial charge on any atom is -0.385 e. The first kappa shape index (κ1) is 11.9. The first-order valence-corrected chi connectivity index (χ1v) is 5.93. The molecule has 0 radical (unpaired) electrons. The summed E-state index contributed by atoms with van der Waals surface area (Å²) in [4.78, 5) is 6.98. The number of nitrogens with zero attached hydrogens (tertiary/aromatic N) is 1. The molecule has 2 N–H and O–H groups in total. The van der Waals surface area contributed by atoms with Crippen LogP contribution in [0.15, 0.2) is 36.7 Å². The Kier molecular flexibility index (Phi) is 3.59. The first-order chi connectivity index (χ1) is 8.16.